The van der Waals surface area contributed by atoms with Crippen molar-refractivity contribution in [3.8, 4) is 5.75 Å². The maximum absolute atomic E-state index is 12.2. The molecule has 0 saturated heterocycles. The summed E-state index contributed by atoms with van der Waals surface area (Å²) in [7, 11) is 1.44. The van der Waals surface area contributed by atoms with E-state index in [-0.39, 0.29) is 11.3 Å². The van der Waals surface area contributed by atoms with Crippen LogP contribution in [0.5, 0.6) is 5.75 Å². The van der Waals surface area contributed by atoms with Crippen molar-refractivity contribution in [3.63, 3.8) is 0 Å². The van der Waals surface area contributed by atoms with Gasteiger partial charge in [-0.25, -0.2) is 4.79 Å². The second kappa shape index (κ2) is 9.52. The van der Waals surface area contributed by atoms with Crippen molar-refractivity contribution >= 4 is 40.9 Å². The van der Waals surface area contributed by atoms with Gasteiger partial charge in [-0.3, -0.25) is 14.9 Å². The summed E-state index contributed by atoms with van der Waals surface area (Å²) in [6, 6.07) is 10.6. The van der Waals surface area contributed by atoms with Crippen LogP contribution < -0.4 is 10.1 Å². The number of hydrogen-bond donors (Lipinski definition) is 1. The van der Waals surface area contributed by atoms with E-state index < -0.39 is 22.9 Å². The van der Waals surface area contributed by atoms with E-state index in [0.29, 0.717) is 16.5 Å². The quantitative estimate of drug-likeness (QED) is 0.325. The second-order valence-electron chi connectivity index (χ2n) is 5.56. The van der Waals surface area contributed by atoms with Crippen LogP contribution in [0.4, 0.5) is 11.4 Å². The number of nitro groups is 1. The van der Waals surface area contributed by atoms with Gasteiger partial charge < -0.3 is 14.8 Å². The molecule has 2 rings (SSSR count). The number of esters is 1. The molecule has 0 spiro atoms. The summed E-state index contributed by atoms with van der Waals surface area (Å²) in [4.78, 5) is 34.6. The Kier molecular flexibility index (Phi) is 7.11. The van der Waals surface area contributed by atoms with Gasteiger partial charge in [0.1, 0.15) is 5.75 Å². The molecule has 0 heterocycles. The number of methoxy groups -OCH3 is 1. The van der Waals surface area contributed by atoms with Gasteiger partial charge in [-0.05, 0) is 37.3 Å². The number of nitrogens with zero attached hydrogens (tertiary/aromatic N) is 1. The summed E-state index contributed by atoms with van der Waals surface area (Å²) in [6.07, 6.45) is 1.16. The van der Waals surface area contributed by atoms with Gasteiger partial charge in [-0.15, -0.1) is 0 Å². The van der Waals surface area contributed by atoms with Crippen LogP contribution in [0, 0.1) is 10.1 Å². The topological polar surface area (TPSA) is 108 Å². The Hall–Kier alpha value is -3.39. The van der Waals surface area contributed by atoms with Crippen LogP contribution in [-0.2, 0) is 14.3 Å². The molecule has 0 fully saturated rings. The zero-order valence-corrected chi connectivity index (χ0v) is 15.8. The van der Waals surface area contributed by atoms with E-state index in [2.05, 4.69) is 5.32 Å². The Morgan fingerprint density at radius 3 is 2.64 bits per heavy atom. The van der Waals surface area contributed by atoms with E-state index in [1.165, 1.54) is 44.4 Å². The van der Waals surface area contributed by atoms with Crippen LogP contribution in [0.2, 0.25) is 5.02 Å². The predicted octanol–water partition coefficient (Wildman–Crippen LogP) is 3.84. The maximum Gasteiger partial charge on any atom is 0.331 e. The second-order valence-corrected chi connectivity index (χ2v) is 6.00. The fourth-order valence-corrected chi connectivity index (χ4v) is 2.40. The number of carbonyl (C=O) groups excluding carboxylic acids is 2. The smallest absolute Gasteiger partial charge is 0.331 e. The van der Waals surface area contributed by atoms with Crippen molar-refractivity contribution in [2.75, 3.05) is 12.4 Å². The zero-order chi connectivity index (χ0) is 20.7. The van der Waals surface area contributed by atoms with Crippen LogP contribution in [0.15, 0.2) is 48.5 Å². The van der Waals surface area contributed by atoms with Gasteiger partial charge in [0.25, 0.3) is 11.6 Å². The normalized spacial score (nSPS) is 11.7. The summed E-state index contributed by atoms with van der Waals surface area (Å²) in [5.74, 6) is -1.01. The molecule has 2 aromatic carbocycles. The molecule has 0 bridgehead atoms. The van der Waals surface area contributed by atoms with Gasteiger partial charge in [-0.2, -0.15) is 0 Å². The van der Waals surface area contributed by atoms with E-state index in [1.807, 2.05) is 0 Å². The molecule has 0 saturated carbocycles. The standard InChI is InChI=1S/C19H17ClN2O6/c1-12(19(24)21-15-11-14(20)8-9-17(15)27-2)28-18(23)10-7-13-5-3-4-6-16(13)22(25)26/h3-12H,1-2H3,(H,21,24)/b10-7+/t12-/m0/s1. The van der Waals surface area contributed by atoms with Gasteiger partial charge in [0.05, 0.1) is 23.3 Å². The lowest BCUT2D eigenvalue weighted by Crippen LogP contribution is -2.29. The Morgan fingerprint density at radius 1 is 1.25 bits per heavy atom. The molecular weight excluding hydrogens is 388 g/mol. The minimum Gasteiger partial charge on any atom is -0.495 e. The number of anilines is 1. The van der Waals surface area contributed by atoms with Crippen molar-refractivity contribution in [2.24, 2.45) is 0 Å². The van der Waals surface area contributed by atoms with E-state index in [9.17, 15) is 19.7 Å². The van der Waals surface area contributed by atoms with E-state index >= 15 is 0 Å². The SMILES string of the molecule is COc1ccc(Cl)cc1NC(=O)[C@H](C)OC(=O)/C=C/c1ccccc1[N+](=O)[O-]. The van der Waals surface area contributed by atoms with Gasteiger partial charge in [0, 0.05) is 17.2 Å². The highest BCUT2D eigenvalue weighted by atomic mass is 35.5. The fraction of sp³-hybridized carbons (Fsp3) is 0.158. The molecule has 0 aromatic heterocycles. The lowest BCUT2D eigenvalue weighted by atomic mass is 10.1. The largest absolute Gasteiger partial charge is 0.495 e. The third-order valence-corrected chi connectivity index (χ3v) is 3.85. The predicted molar refractivity (Wildman–Crippen MR) is 104 cm³/mol. The van der Waals surface area contributed by atoms with E-state index in [1.54, 1.807) is 18.2 Å². The zero-order valence-electron chi connectivity index (χ0n) is 15.0. The molecule has 1 atom stereocenters. The summed E-state index contributed by atoms with van der Waals surface area (Å²) in [5.41, 5.74) is 0.425. The number of nitrogens with one attached hydrogen (secondary N) is 1. The molecule has 0 radical (unpaired) electrons. The molecule has 28 heavy (non-hydrogen) atoms. The molecule has 146 valence electrons. The number of rotatable bonds is 7. The monoisotopic (exact) mass is 404 g/mol. The minimum absolute atomic E-state index is 0.148. The first-order valence-electron chi connectivity index (χ1n) is 8.08. The molecule has 9 heteroatoms. The number of hydrogen-bond acceptors (Lipinski definition) is 6. The fourth-order valence-electron chi connectivity index (χ4n) is 2.23. The first kappa shape index (κ1) is 20.9. The summed E-state index contributed by atoms with van der Waals surface area (Å²) in [6.45, 7) is 1.39. The highest BCUT2D eigenvalue weighted by Gasteiger charge is 2.19. The summed E-state index contributed by atoms with van der Waals surface area (Å²) >= 11 is 5.91. The Morgan fingerprint density at radius 2 is 1.96 bits per heavy atom. The highest BCUT2D eigenvalue weighted by Crippen LogP contribution is 2.27. The Balaban J connectivity index is 2.01. The first-order valence-corrected chi connectivity index (χ1v) is 8.46. The number of benzene rings is 2. The molecule has 1 N–H and O–H groups in total. The highest BCUT2D eigenvalue weighted by molar-refractivity contribution is 6.31. The van der Waals surface area contributed by atoms with Gasteiger partial charge in [0.2, 0.25) is 0 Å². The minimum atomic E-state index is -1.12. The molecule has 0 aliphatic rings. The number of carbonyl (C=O) groups is 2. The van der Waals surface area contributed by atoms with Crippen molar-refractivity contribution in [1.29, 1.82) is 0 Å². The number of halogens is 1. The van der Waals surface area contributed by atoms with Gasteiger partial charge >= 0.3 is 5.97 Å². The van der Waals surface area contributed by atoms with Crippen LogP contribution in [0.3, 0.4) is 0 Å². The third kappa shape index (κ3) is 5.55. The molecule has 0 unspecified atom stereocenters. The van der Waals surface area contributed by atoms with Crippen LogP contribution >= 0.6 is 11.6 Å². The summed E-state index contributed by atoms with van der Waals surface area (Å²) in [5, 5.41) is 13.9. The number of ether oxygens (including phenoxy) is 2. The van der Waals surface area contributed by atoms with Crippen LogP contribution in [-0.4, -0.2) is 30.0 Å². The Labute approximate surface area is 165 Å². The number of amides is 1. The van der Waals surface area contributed by atoms with E-state index in [4.69, 9.17) is 21.1 Å². The first-order chi connectivity index (χ1) is 13.3. The van der Waals surface area contributed by atoms with Crippen molar-refractivity contribution in [2.45, 2.75) is 13.0 Å². The molecule has 2 aromatic rings. The lowest BCUT2D eigenvalue weighted by molar-refractivity contribution is -0.385. The van der Waals surface area contributed by atoms with Crippen LogP contribution in [0.25, 0.3) is 6.08 Å². The molecule has 0 aliphatic carbocycles. The van der Waals surface area contributed by atoms with Crippen LogP contribution in [0.1, 0.15) is 12.5 Å². The maximum atomic E-state index is 12.2. The number of nitro benzene ring substituents is 1. The van der Waals surface area contributed by atoms with Crippen molar-refractivity contribution in [3.05, 3.63) is 69.2 Å². The van der Waals surface area contributed by atoms with Crippen molar-refractivity contribution in [1.82, 2.24) is 0 Å². The number of para-hydroxylation sites is 1. The average Bonchev–Trinajstić information content (AvgIpc) is 2.66. The molecule has 1 amide bonds. The summed E-state index contributed by atoms with van der Waals surface area (Å²) < 4.78 is 10.2. The molecular formula is C19H17ClN2O6. The molecule has 8 nitrogen and oxygen atoms in total. The Bertz CT molecular complexity index is 928. The lowest BCUT2D eigenvalue weighted by Gasteiger charge is -2.14. The molecule has 0 aliphatic heterocycles. The third-order valence-electron chi connectivity index (χ3n) is 3.61. The van der Waals surface area contributed by atoms with Gasteiger partial charge in [0.15, 0.2) is 6.10 Å². The van der Waals surface area contributed by atoms with Crippen molar-refractivity contribution < 1.29 is 24.0 Å². The van der Waals surface area contributed by atoms with Gasteiger partial charge in [-0.1, -0.05) is 23.7 Å². The average molecular weight is 405 g/mol. The van der Waals surface area contributed by atoms with E-state index in [0.717, 1.165) is 6.08 Å².